The molecule has 0 unspecified atom stereocenters. The summed E-state index contributed by atoms with van der Waals surface area (Å²) in [7, 11) is 0. The average Bonchev–Trinajstić information content (AvgIpc) is 2.94. The van der Waals surface area contributed by atoms with Crippen LogP contribution in [-0.2, 0) is 0 Å². The standard InChI is InChI=1S/C19H21BrN2OS/c1-12(2)15-10-13(3)4-7-18(15)23-8-9-24-19-21-16-6-5-14(20)11-17(16)22-19/h4-7,10-12H,8-9H2,1-3H3,(H,21,22). The molecular formula is C19H21BrN2OS. The molecule has 0 spiro atoms. The number of rotatable bonds is 6. The van der Waals surface area contributed by atoms with E-state index in [0.717, 1.165) is 32.2 Å². The van der Waals surface area contributed by atoms with Crippen molar-refractivity contribution in [1.82, 2.24) is 9.97 Å². The lowest BCUT2D eigenvalue weighted by Crippen LogP contribution is -2.04. The molecule has 0 amide bonds. The Kier molecular flexibility index (Phi) is 5.51. The van der Waals surface area contributed by atoms with Crippen molar-refractivity contribution < 1.29 is 4.74 Å². The quantitative estimate of drug-likeness (QED) is 0.408. The molecule has 0 saturated carbocycles. The van der Waals surface area contributed by atoms with Crippen LogP contribution in [-0.4, -0.2) is 22.3 Å². The van der Waals surface area contributed by atoms with E-state index in [1.807, 2.05) is 18.2 Å². The van der Waals surface area contributed by atoms with Crippen LogP contribution in [0.25, 0.3) is 11.0 Å². The van der Waals surface area contributed by atoms with E-state index in [1.54, 1.807) is 11.8 Å². The predicted molar refractivity (Wildman–Crippen MR) is 105 cm³/mol. The maximum Gasteiger partial charge on any atom is 0.166 e. The number of ether oxygens (including phenoxy) is 1. The lowest BCUT2D eigenvalue weighted by atomic mass is 10.00. The summed E-state index contributed by atoms with van der Waals surface area (Å²) in [6.07, 6.45) is 0. The second-order valence-corrected chi connectivity index (χ2v) is 8.10. The third kappa shape index (κ3) is 4.14. The van der Waals surface area contributed by atoms with Crippen molar-refractivity contribution >= 4 is 38.7 Å². The number of hydrogen-bond donors (Lipinski definition) is 1. The van der Waals surface area contributed by atoms with Crippen LogP contribution in [0.1, 0.15) is 30.9 Å². The highest BCUT2D eigenvalue weighted by Crippen LogP contribution is 2.28. The number of H-pyrrole nitrogens is 1. The van der Waals surface area contributed by atoms with E-state index >= 15 is 0 Å². The molecule has 5 heteroatoms. The second-order valence-electron chi connectivity index (χ2n) is 6.10. The van der Waals surface area contributed by atoms with E-state index in [2.05, 4.69) is 64.9 Å². The zero-order chi connectivity index (χ0) is 17.1. The number of nitrogens with zero attached hydrogens (tertiary/aromatic N) is 1. The van der Waals surface area contributed by atoms with Gasteiger partial charge in [-0.3, -0.25) is 0 Å². The van der Waals surface area contributed by atoms with Crippen molar-refractivity contribution in [2.24, 2.45) is 0 Å². The maximum absolute atomic E-state index is 6.00. The van der Waals surface area contributed by atoms with Crippen molar-refractivity contribution in [2.45, 2.75) is 31.8 Å². The van der Waals surface area contributed by atoms with Crippen LogP contribution in [0.3, 0.4) is 0 Å². The number of hydrogen-bond acceptors (Lipinski definition) is 3. The van der Waals surface area contributed by atoms with Crippen LogP contribution in [0.15, 0.2) is 46.0 Å². The predicted octanol–water partition coefficient (Wildman–Crippen LogP) is 5.93. The minimum absolute atomic E-state index is 0.460. The van der Waals surface area contributed by atoms with E-state index in [-0.39, 0.29) is 0 Å². The van der Waals surface area contributed by atoms with Gasteiger partial charge in [-0.15, -0.1) is 0 Å². The van der Waals surface area contributed by atoms with E-state index in [1.165, 1.54) is 11.1 Å². The van der Waals surface area contributed by atoms with Crippen LogP contribution in [0.2, 0.25) is 0 Å². The Bertz CT molecular complexity index is 844. The molecule has 0 fully saturated rings. The molecule has 0 aliphatic carbocycles. The van der Waals surface area contributed by atoms with Gasteiger partial charge in [0.15, 0.2) is 5.16 Å². The summed E-state index contributed by atoms with van der Waals surface area (Å²) in [5, 5.41) is 0.930. The lowest BCUT2D eigenvalue weighted by molar-refractivity contribution is 0.338. The summed E-state index contributed by atoms with van der Waals surface area (Å²) in [6, 6.07) is 12.5. The first-order chi connectivity index (χ1) is 11.5. The lowest BCUT2D eigenvalue weighted by Gasteiger charge is -2.14. The molecule has 1 aromatic heterocycles. The van der Waals surface area contributed by atoms with E-state index < -0.39 is 0 Å². The molecule has 0 saturated heterocycles. The van der Waals surface area contributed by atoms with Crippen molar-refractivity contribution in [2.75, 3.05) is 12.4 Å². The van der Waals surface area contributed by atoms with Gasteiger partial charge in [-0.1, -0.05) is 59.2 Å². The molecule has 0 atom stereocenters. The Morgan fingerprint density at radius 2 is 2.04 bits per heavy atom. The van der Waals surface area contributed by atoms with E-state index in [0.29, 0.717) is 12.5 Å². The number of aromatic amines is 1. The van der Waals surface area contributed by atoms with Gasteiger partial charge >= 0.3 is 0 Å². The van der Waals surface area contributed by atoms with Gasteiger partial charge in [-0.25, -0.2) is 4.98 Å². The summed E-state index contributed by atoms with van der Waals surface area (Å²) < 4.78 is 7.05. The number of thioether (sulfide) groups is 1. The zero-order valence-corrected chi connectivity index (χ0v) is 16.5. The number of nitrogens with one attached hydrogen (secondary N) is 1. The molecular weight excluding hydrogens is 384 g/mol. The fourth-order valence-corrected chi connectivity index (χ4v) is 3.63. The molecule has 3 rings (SSSR count). The summed E-state index contributed by atoms with van der Waals surface area (Å²) in [5.41, 5.74) is 4.58. The maximum atomic E-state index is 6.00. The van der Waals surface area contributed by atoms with Gasteiger partial charge in [0.05, 0.1) is 17.6 Å². The molecule has 1 heterocycles. The van der Waals surface area contributed by atoms with Gasteiger partial charge in [0.25, 0.3) is 0 Å². The molecule has 3 aromatic rings. The molecule has 1 N–H and O–H groups in total. The Balaban J connectivity index is 1.58. The summed E-state index contributed by atoms with van der Waals surface area (Å²) in [4.78, 5) is 7.93. The van der Waals surface area contributed by atoms with Gasteiger partial charge in [-0.2, -0.15) is 0 Å². The average molecular weight is 405 g/mol. The Labute approximate surface area is 155 Å². The van der Waals surface area contributed by atoms with Crippen LogP contribution in [0, 0.1) is 6.92 Å². The first-order valence-corrected chi connectivity index (χ1v) is 9.82. The minimum Gasteiger partial charge on any atom is -0.492 e. The number of benzene rings is 2. The number of aryl methyl sites for hydroxylation is 1. The Morgan fingerprint density at radius 1 is 1.21 bits per heavy atom. The van der Waals surface area contributed by atoms with Gasteiger partial charge in [0.2, 0.25) is 0 Å². The largest absolute Gasteiger partial charge is 0.492 e. The molecule has 0 aliphatic heterocycles. The smallest absolute Gasteiger partial charge is 0.166 e. The van der Waals surface area contributed by atoms with Gasteiger partial charge in [0.1, 0.15) is 5.75 Å². The van der Waals surface area contributed by atoms with Crippen LogP contribution in [0.4, 0.5) is 0 Å². The molecule has 0 bridgehead atoms. The molecule has 0 radical (unpaired) electrons. The van der Waals surface area contributed by atoms with Crippen LogP contribution < -0.4 is 4.74 Å². The van der Waals surface area contributed by atoms with Crippen molar-refractivity contribution in [1.29, 1.82) is 0 Å². The fourth-order valence-electron chi connectivity index (χ4n) is 2.57. The SMILES string of the molecule is Cc1ccc(OCCSc2nc3ccc(Br)cc3[nH]2)c(C(C)C)c1. The highest BCUT2D eigenvalue weighted by molar-refractivity contribution is 9.10. The normalized spacial score (nSPS) is 11.4. The van der Waals surface area contributed by atoms with Gasteiger partial charge < -0.3 is 9.72 Å². The molecule has 24 heavy (non-hydrogen) atoms. The van der Waals surface area contributed by atoms with Crippen molar-refractivity contribution in [3.05, 3.63) is 52.0 Å². The number of halogens is 1. The minimum atomic E-state index is 0.460. The highest BCUT2D eigenvalue weighted by Gasteiger charge is 2.09. The second kappa shape index (κ2) is 7.62. The first kappa shape index (κ1) is 17.4. The third-order valence-electron chi connectivity index (χ3n) is 3.79. The first-order valence-electron chi connectivity index (χ1n) is 8.04. The topological polar surface area (TPSA) is 37.9 Å². The zero-order valence-electron chi connectivity index (χ0n) is 14.1. The highest BCUT2D eigenvalue weighted by atomic mass is 79.9. The number of fused-ring (bicyclic) bond motifs is 1. The third-order valence-corrected chi connectivity index (χ3v) is 5.12. The Hall–Kier alpha value is -1.46. The fraction of sp³-hybridized carbons (Fsp3) is 0.316. The van der Waals surface area contributed by atoms with Crippen LogP contribution in [0.5, 0.6) is 5.75 Å². The van der Waals surface area contributed by atoms with Crippen molar-refractivity contribution in [3.8, 4) is 5.75 Å². The van der Waals surface area contributed by atoms with Gasteiger partial charge in [-0.05, 0) is 42.7 Å². The van der Waals surface area contributed by atoms with E-state index in [9.17, 15) is 0 Å². The molecule has 126 valence electrons. The monoisotopic (exact) mass is 404 g/mol. The molecule has 0 aliphatic rings. The van der Waals surface area contributed by atoms with Crippen molar-refractivity contribution in [3.63, 3.8) is 0 Å². The molecule has 2 aromatic carbocycles. The number of aromatic nitrogens is 2. The summed E-state index contributed by atoms with van der Waals surface area (Å²) >= 11 is 5.16. The summed E-state index contributed by atoms with van der Waals surface area (Å²) in [5.74, 6) is 2.30. The van der Waals surface area contributed by atoms with Gasteiger partial charge in [0, 0.05) is 10.2 Å². The number of imidazole rings is 1. The van der Waals surface area contributed by atoms with E-state index in [4.69, 9.17) is 4.74 Å². The van der Waals surface area contributed by atoms with Crippen LogP contribution >= 0.6 is 27.7 Å². The summed E-state index contributed by atoms with van der Waals surface area (Å²) in [6.45, 7) is 7.17. The molecule has 3 nitrogen and oxygen atoms in total. The Morgan fingerprint density at radius 3 is 2.83 bits per heavy atom.